The molecule has 0 atom stereocenters. The zero-order chi connectivity index (χ0) is 8.55. The van der Waals surface area contributed by atoms with Crippen molar-refractivity contribution < 1.29 is 0 Å². The number of nitrogens with two attached hydrogens (primary N) is 2. The molecule has 5 N–H and O–H groups in total. The van der Waals surface area contributed by atoms with Gasteiger partial charge in [-0.05, 0) is 6.07 Å². The molecule has 2 rings (SSSR count). The molecule has 0 bridgehead atoms. The number of aromatic nitrogens is 3. The first-order valence-electron chi connectivity index (χ1n) is 3.51. The average molecular weight is 163 g/mol. The molecule has 2 aromatic heterocycles. The number of nitrogen functional groups attached to an aromatic ring is 2. The minimum Gasteiger partial charge on any atom is -0.394 e. The molecule has 0 amide bonds. The molecule has 0 fully saturated rings. The predicted octanol–water partition coefficient (Wildman–Crippen LogP) is 0.365. The van der Waals surface area contributed by atoms with E-state index in [1.54, 1.807) is 17.1 Å². The van der Waals surface area contributed by atoms with Crippen molar-refractivity contribution in [3.8, 4) is 5.69 Å². The van der Waals surface area contributed by atoms with Gasteiger partial charge in [0.25, 0.3) is 0 Å². The average Bonchev–Trinajstić information content (AvgIpc) is 2.64. The standard InChI is InChI=1S/C7H9N5/c8-6-4-11-12(7(6)9)5-1-2-10-3-5/h1-4,10H,8-9H2. The number of hydrogen-bond donors (Lipinski definition) is 3. The van der Waals surface area contributed by atoms with Crippen molar-refractivity contribution in [3.05, 3.63) is 24.7 Å². The summed E-state index contributed by atoms with van der Waals surface area (Å²) >= 11 is 0. The molecule has 62 valence electrons. The summed E-state index contributed by atoms with van der Waals surface area (Å²) < 4.78 is 1.58. The fourth-order valence-electron chi connectivity index (χ4n) is 1.02. The minimum atomic E-state index is 0.467. The van der Waals surface area contributed by atoms with Gasteiger partial charge in [0.15, 0.2) is 5.82 Å². The normalized spacial score (nSPS) is 10.3. The number of nitrogens with one attached hydrogen (secondary N) is 1. The highest BCUT2D eigenvalue weighted by molar-refractivity contribution is 5.60. The lowest BCUT2D eigenvalue weighted by Gasteiger charge is -1.98. The first kappa shape index (κ1) is 6.78. The lowest BCUT2D eigenvalue weighted by molar-refractivity contribution is 0.893. The Balaban J connectivity index is 2.55. The molecule has 0 saturated carbocycles. The van der Waals surface area contributed by atoms with Crippen LogP contribution >= 0.6 is 0 Å². The zero-order valence-corrected chi connectivity index (χ0v) is 6.36. The topological polar surface area (TPSA) is 85.6 Å². The summed E-state index contributed by atoms with van der Waals surface area (Å²) in [6, 6.07) is 1.86. The Morgan fingerprint density at radius 2 is 2.25 bits per heavy atom. The van der Waals surface area contributed by atoms with E-state index < -0.39 is 0 Å². The predicted molar refractivity (Wildman–Crippen MR) is 46.7 cm³/mol. The molecule has 2 aromatic rings. The smallest absolute Gasteiger partial charge is 0.150 e. The van der Waals surface area contributed by atoms with E-state index in [0.29, 0.717) is 11.5 Å². The molecule has 0 aliphatic carbocycles. The van der Waals surface area contributed by atoms with Crippen LogP contribution in [0.5, 0.6) is 0 Å². The van der Waals surface area contributed by atoms with E-state index in [4.69, 9.17) is 11.5 Å². The Morgan fingerprint density at radius 3 is 2.75 bits per heavy atom. The van der Waals surface area contributed by atoms with Gasteiger partial charge in [0.05, 0.1) is 17.6 Å². The van der Waals surface area contributed by atoms with E-state index in [1.165, 1.54) is 6.20 Å². The lowest BCUT2D eigenvalue weighted by Crippen LogP contribution is -2.01. The third kappa shape index (κ3) is 0.833. The molecular weight excluding hydrogens is 154 g/mol. The molecule has 0 radical (unpaired) electrons. The first-order chi connectivity index (χ1) is 5.79. The van der Waals surface area contributed by atoms with Crippen molar-refractivity contribution in [2.24, 2.45) is 0 Å². The van der Waals surface area contributed by atoms with Crippen LogP contribution in [0.25, 0.3) is 5.69 Å². The van der Waals surface area contributed by atoms with Crippen LogP contribution in [0.3, 0.4) is 0 Å². The van der Waals surface area contributed by atoms with Crippen LogP contribution in [0.15, 0.2) is 24.7 Å². The van der Waals surface area contributed by atoms with Crippen LogP contribution in [0.2, 0.25) is 0 Å². The first-order valence-corrected chi connectivity index (χ1v) is 3.51. The molecular formula is C7H9N5. The second kappa shape index (κ2) is 2.30. The van der Waals surface area contributed by atoms with Crippen molar-refractivity contribution in [2.45, 2.75) is 0 Å². The van der Waals surface area contributed by atoms with E-state index in [0.717, 1.165) is 5.69 Å². The van der Waals surface area contributed by atoms with Crippen molar-refractivity contribution in [2.75, 3.05) is 11.5 Å². The van der Waals surface area contributed by atoms with E-state index in [2.05, 4.69) is 10.1 Å². The molecule has 12 heavy (non-hydrogen) atoms. The largest absolute Gasteiger partial charge is 0.394 e. The molecule has 0 saturated heterocycles. The van der Waals surface area contributed by atoms with Crippen LogP contribution in [-0.2, 0) is 0 Å². The number of H-pyrrole nitrogens is 1. The molecule has 2 heterocycles. The highest BCUT2D eigenvalue weighted by atomic mass is 15.3. The summed E-state index contributed by atoms with van der Waals surface area (Å²) in [6.45, 7) is 0. The van der Waals surface area contributed by atoms with Crippen molar-refractivity contribution in [1.29, 1.82) is 0 Å². The Bertz CT molecular complexity index is 372. The fourth-order valence-corrected chi connectivity index (χ4v) is 1.02. The molecule has 0 aliphatic rings. The van der Waals surface area contributed by atoms with Gasteiger partial charge >= 0.3 is 0 Å². The van der Waals surface area contributed by atoms with Crippen LogP contribution in [-0.4, -0.2) is 14.8 Å². The summed E-state index contributed by atoms with van der Waals surface area (Å²) in [6.07, 6.45) is 5.12. The summed E-state index contributed by atoms with van der Waals surface area (Å²) in [5.41, 5.74) is 12.6. The van der Waals surface area contributed by atoms with Gasteiger partial charge in [0.1, 0.15) is 0 Å². The summed E-state index contributed by atoms with van der Waals surface area (Å²) in [4.78, 5) is 2.91. The number of aromatic amines is 1. The summed E-state index contributed by atoms with van der Waals surface area (Å²) in [5.74, 6) is 0.467. The molecule has 5 heteroatoms. The fraction of sp³-hybridized carbons (Fsp3) is 0. The third-order valence-corrected chi connectivity index (χ3v) is 1.66. The van der Waals surface area contributed by atoms with E-state index >= 15 is 0 Å². The van der Waals surface area contributed by atoms with E-state index in [1.807, 2.05) is 6.07 Å². The van der Waals surface area contributed by atoms with Crippen LogP contribution in [0.4, 0.5) is 11.5 Å². The van der Waals surface area contributed by atoms with Gasteiger partial charge in [0, 0.05) is 12.4 Å². The number of anilines is 2. The van der Waals surface area contributed by atoms with E-state index in [-0.39, 0.29) is 0 Å². The summed E-state index contributed by atoms with van der Waals surface area (Å²) in [7, 11) is 0. The maximum Gasteiger partial charge on any atom is 0.150 e. The quantitative estimate of drug-likeness (QED) is 0.567. The molecule has 0 aliphatic heterocycles. The number of hydrogen-bond acceptors (Lipinski definition) is 3. The van der Waals surface area contributed by atoms with Crippen LogP contribution in [0, 0.1) is 0 Å². The maximum absolute atomic E-state index is 5.66. The summed E-state index contributed by atoms with van der Waals surface area (Å²) in [5, 5.41) is 4.00. The van der Waals surface area contributed by atoms with Gasteiger partial charge in [-0.1, -0.05) is 0 Å². The highest BCUT2D eigenvalue weighted by Crippen LogP contribution is 2.17. The van der Waals surface area contributed by atoms with Crippen LogP contribution < -0.4 is 11.5 Å². The zero-order valence-electron chi connectivity index (χ0n) is 6.36. The van der Waals surface area contributed by atoms with E-state index in [9.17, 15) is 0 Å². The molecule has 0 aromatic carbocycles. The Hall–Kier alpha value is -1.91. The Kier molecular flexibility index (Phi) is 1.30. The molecule has 5 nitrogen and oxygen atoms in total. The van der Waals surface area contributed by atoms with Crippen molar-refractivity contribution in [3.63, 3.8) is 0 Å². The SMILES string of the molecule is Nc1cnn(-c2cc[nH]c2)c1N. The molecule has 0 spiro atoms. The number of rotatable bonds is 1. The van der Waals surface area contributed by atoms with Gasteiger partial charge in [-0.15, -0.1) is 0 Å². The van der Waals surface area contributed by atoms with Gasteiger partial charge in [-0.3, -0.25) is 0 Å². The third-order valence-electron chi connectivity index (χ3n) is 1.66. The van der Waals surface area contributed by atoms with Gasteiger partial charge in [-0.2, -0.15) is 5.10 Å². The van der Waals surface area contributed by atoms with Crippen molar-refractivity contribution in [1.82, 2.24) is 14.8 Å². The Morgan fingerprint density at radius 1 is 1.42 bits per heavy atom. The highest BCUT2D eigenvalue weighted by Gasteiger charge is 2.04. The van der Waals surface area contributed by atoms with Gasteiger partial charge in [0.2, 0.25) is 0 Å². The minimum absolute atomic E-state index is 0.467. The van der Waals surface area contributed by atoms with Gasteiger partial charge < -0.3 is 16.5 Å². The van der Waals surface area contributed by atoms with Crippen LogP contribution in [0.1, 0.15) is 0 Å². The van der Waals surface area contributed by atoms with Gasteiger partial charge in [-0.25, -0.2) is 4.68 Å². The number of nitrogens with zero attached hydrogens (tertiary/aromatic N) is 2. The second-order valence-corrected chi connectivity index (χ2v) is 2.47. The Labute approximate surface area is 69.0 Å². The monoisotopic (exact) mass is 163 g/mol. The maximum atomic E-state index is 5.66. The second-order valence-electron chi connectivity index (χ2n) is 2.47. The lowest BCUT2D eigenvalue weighted by atomic mass is 10.5. The molecule has 0 unspecified atom stereocenters. The van der Waals surface area contributed by atoms with Crippen molar-refractivity contribution >= 4 is 11.5 Å².